The van der Waals surface area contributed by atoms with E-state index in [1.165, 1.54) is 0 Å². The van der Waals surface area contributed by atoms with Crippen LogP contribution in [0.1, 0.15) is 24.0 Å². The maximum absolute atomic E-state index is 12.9. The molecular formula is C19H25N5O2. The maximum Gasteiger partial charge on any atom is 0.248 e. The number of amides is 2. The summed E-state index contributed by atoms with van der Waals surface area (Å²) in [6.45, 7) is 5.30. The third kappa shape index (κ3) is 3.62. The number of rotatable bonds is 5. The van der Waals surface area contributed by atoms with Crippen LogP contribution in [0.4, 0.5) is 5.69 Å². The molecule has 0 unspecified atom stereocenters. The molecule has 0 saturated carbocycles. The summed E-state index contributed by atoms with van der Waals surface area (Å²) in [5, 5.41) is 13.2. The van der Waals surface area contributed by atoms with E-state index >= 15 is 0 Å². The molecular weight excluding hydrogens is 330 g/mol. The van der Waals surface area contributed by atoms with E-state index in [0.29, 0.717) is 12.8 Å². The summed E-state index contributed by atoms with van der Waals surface area (Å²) in [5.41, 5.74) is 2.05. The Morgan fingerprint density at radius 1 is 1.19 bits per heavy atom. The van der Waals surface area contributed by atoms with E-state index in [0.717, 1.165) is 29.9 Å². The Labute approximate surface area is 153 Å². The maximum atomic E-state index is 12.9. The van der Waals surface area contributed by atoms with Gasteiger partial charge in [-0.15, -0.1) is 0 Å². The van der Waals surface area contributed by atoms with Crippen LogP contribution in [-0.4, -0.2) is 41.2 Å². The Bertz CT molecular complexity index is 759. The second kappa shape index (κ2) is 7.70. The van der Waals surface area contributed by atoms with Crippen LogP contribution in [0.5, 0.6) is 0 Å². The average molecular weight is 355 g/mol. The lowest BCUT2D eigenvalue weighted by Gasteiger charge is -2.36. The number of carbonyl (C=O) groups is 2. The minimum absolute atomic E-state index is 0.0664. The summed E-state index contributed by atoms with van der Waals surface area (Å²) < 4.78 is 1.71. The first kappa shape index (κ1) is 18.1. The molecule has 2 amide bonds. The van der Waals surface area contributed by atoms with E-state index in [1.54, 1.807) is 10.9 Å². The molecule has 0 bridgehead atoms. The van der Waals surface area contributed by atoms with E-state index in [1.807, 2.05) is 44.3 Å². The van der Waals surface area contributed by atoms with Crippen molar-refractivity contribution < 1.29 is 9.59 Å². The lowest BCUT2D eigenvalue weighted by molar-refractivity contribution is -0.133. The van der Waals surface area contributed by atoms with Crippen molar-refractivity contribution in [1.29, 1.82) is 0 Å². The molecule has 2 aromatic rings. The fourth-order valence-corrected chi connectivity index (χ4v) is 3.44. The molecule has 0 aliphatic carbocycles. The van der Waals surface area contributed by atoms with Crippen molar-refractivity contribution in [2.75, 3.05) is 25.0 Å². The van der Waals surface area contributed by atoms with E-state index < -0.39 is 5.54 Å². The van der Waals surface area contributed by atoms with Gasteiger partial charge in [-0.05, 0) is 57.0 Å². The number of anilines is 1. The molecule has 1 aliphatic rings. The number of benzene rings is 1. The molecule has 7 heteroatoms. The summed E-state index contributed by atoms with van der Waals surface area (Å²) in [4.78, 5) is 25.3. The Kier molecular flexibility index (Phi) is 5.37. The molecule has 3 rings (SSSR count). The average Bonchev–Trinajstić information content (AvgIpc) is 3.18. The van der Waals surface area contributed by atoms with Gasteiger partial charge in [0.1, 0.15) is 5.54 Å². The Balaban J connectivity index is 1.66. The molecule has 26 heavy (non-hydrogen) atoms. The van der Waals surface area contributed by atoms with Crippen molar-refractivity contribution in [2.45, 2.75) is 32.2 Å². The predicted molar refractivity (Wildman–Crippen MR) is 99.9 cm³/mol. The Morgan fingerprint density at radius 3 is 2.50 bits per heavy atom. The van der Waals surface area contributed by atoms with Gasteiger partial charge in [-0.3, -0.25) is 14.3 Å². The van der Waals surface area contributed by atoms with E-state index in [9.17, 15) is 9.59 Å². The molecule has 1 aromatic carbocycles. The second-order valence-electron chi connectivity index (χ2n) is 6.73. The fourth-order valence-electron chi connectivity index (χ4n) is 3.44. The topological polar surface area (TPSA) is 88.1 Å². The van der Waals surface area contributed by atoms with Gasteiger partial charge in [0.25, 0.3) is 0 Å². The van der Waals surface area contributed by atoms with E-state index in [-0.39, 0.29) is 18.4 Å². The molecule has 138 valence electrons. The summed E-state index contributed by atoms with van der Waals surface area (Å²) in [7, 11) is 0. The van der Waals surface area contributed by atoms with Crippen LogP contribution in [0.2, 0.25) is 0 Å². The monoisotopic (exact) mass is 355 g/mol. The number of para-hydroxylation sites is 1. The van der Waals surface area contributed by atoms with Gasteiger partial charge in [-0.1, -0.05) is 18.2 Å². The zero-order valence-electron chi connectivity index (χ0n) is 15.2. The minimum Gasteiger partial charge on any atom is -0.345 e. The number of nitrogens with zero attached hydrogens (tertiary/aromatic N) is 2. The number of aryl methyl sites for hydroxylation is 2. The Morgan fingerprint density at radius 2 is 1.88 bits per heavy atom. The summed E-state index contributed by atoms with van der Waals surface area (Å²) in [6, 6.07) is 7.66. The summed E-state index contributed by atoms with van der Waals surface area (Å²) >= 11 is 0. The lowest BCUT2D eigenvalue weighted by atomic mass is 9.87. The zero-order chi connectivity index (χ0) is 18.6. The first-order chi connectivity index (χ1) is 12.5. The summed E-state index contributed by atoms with van der Waals surface area (Å²) in [6.07, 6.45) is 4.75. The number of nitrogens with one attached hydrogen (secondary N) is 3. The number of hydrogen-bond donors (Lipinski definition) is 3. The Hall–Kier alpha value is -2.67. The molecule has 3 N–H and O–H groups in total. The minimum atomic E-state index is -0.742. The van der Waals surface area contributed by atoms with Gasteiger partial charge in [0.15, 0.2) is 0 Å². The van der Waals surface area contributed by atoms with Crippen molar-refractivity contribution in [3.63, 3.8) is 0 Å². The van der Waals surface area contributed by atoms with Crippen LogP contribution >= 0.6 is 0 Å². The number of carbonyl (C=O) groups excluding carboxylic acids is 2. The normalized spacial score (nSPS) is 16.1. The molecule has 0 spiro atoms. The standard InChI is InChI=1S/C19H25N5O2/c1-14-5-3-6-15(2)17(14)23-16(25)13-21-18(26)19(7-10-20-11-8-19)24-12-4-9-22-24/h3-6,9,12,20H,7-8,10-11,13H2,1-2H3,(H,21,26)(H,23,25). The molecule has 0 atom stereocenters. The van der Waals surface area contributed by atoms with Gasteiger partial charge >= 0.3 is 0 Å². The zero-order valence-corrected chi connectivity index (χ0v) is 15.2. The van der Waals surface area contributed by atoms with Crippen molar-refractivity contribution in [3.05, 3.63) is 47.8 Å². The summed E-state index contributed by atoms with van der Waals surface area (Å²) in [5.74, 6) is -0.403. The third-order valence-electron chi connectivity index (χ3n) is 4.95. The third-order valence-corrected chi connectivity index (χ3v) is 4.95. The largest absolute Gasteiger partial charge is 0.345 e. The number of piperidine rings is 1. The highest BCUT2D eigenvalue weighted by Crippen LogP contribution is 2.27. The number of hydrogen-bond acceptors (Lipinski definition) is 4. The molecule has 1 saturated heterocycles. The number of aromatic nitrogens is 2. The van der Waals surface area contributed by atoms with Crippen LogP contribution in [0.3, 0.4) is 0 Å². The highest BCUT2D eigenvalue weighted by Gasteiger charge is 2.41. The molecule has 7 nitrogen and oxygen atoms in total. The second-order valence-corrected chi connectivity index (χ2v) is 6.73. The van der Waals surface area contributed by atoms with Crippen LogP contribution in [0.15, 0.2) is 36.7 Å². The molecule has 0 radical (unpaired) electrons. The lowest BCUT2D eigenvalue weighted by Crippen LogP contribution is -2.55. The van der Waals surface area contributed by atoms with Gasteiger partial charge in [0.05, 0.1) is 6.54 Å². The van der Waals surface area contributed by atoms with E-state index in [4.69, 9.17) is 0 Å². The van der Waals surface area contributed by atoms with Crippen molar-refractivity contribution in [3.8, 4) is 0 Å². The van der Waals surface area contributed by atoms with Crippen LogP contribution < -0.4 is 16.0 Å². The van der Waals surface area contributed by atoms with Gasteiger partial charge in [0, 0.05) is 18.1 Å². The molecule has 1 fully saturated rings. The van der Waals surface area contributed by atoms with Gasteiger partial charge in [-0.25, -0.2) is 0 Å². The fraction of sp³-hybridized carbons (Fsp3) is 0.421. The van der Waals surface area contributed by atoms with Gasteiger partial charge in [0.2, 0.25) is 11.8 Å². The molecule has 1 aromatic heterocycles. The predicted octanol–water partition coefficient (Wildman–Crippen LogP) is 1.33. The van der Waals surface area contributed by atoms with Crippen molar-refractivity contribution >= 4 is 17.5 Å². The van der Waals surface area contributed by atoms with Gasteiger partial charge in [-0.2, -0.15) is 5.10 Å². The first-order valence-corrected chi connectivity index (χ1v) is 8.88. The van der Waals surface area contributed by atoms with Crippen molar-refractivity contribution in [1.82, 2.24) is 20.4 Å². The molecule has 2 heterocycles. The van der Waals surface area contributed by atoms with Crippen molar-refractivity contribution in [2.24, 2.45) is 0 Å². The first-order valence-electron chi connectivity index (χ1n) is 8.88. The SMILES string of the molecule is Cc1cccc(C)c1NC(=O)CNC(=O)C1(n2cccn2)CCNCC1. The quantitative estimate of drug-likeness (QED) is 0.755. The highest BCUT2D eigenvalue weighted by atomic mass is 16.2. The molecule has 1 aliphatic heterocycles. The van der Waals surface area contributed by atoms with E-state index in [2.05, 4.69) is 21.0 Å². The van der Waals surface area contributed by atoms with Crippen LogP contribution in [0.25, 0.3) is 0 Å². The highest BCUT2D eigenvalue weighted by molar-refractivity contribution is 5.96. The van der Waals surface area contributed by atoms with Crippen LogP contribution in [-0.2, 0) is 15.1 Å². The van der Waals surface area contributed by atoms with Gasteiger partial charge < -0.3 is 16.0 Å². The smallest absolute Gasteiger partial charge is 0.248 e. The van der Waals surface area contributed by atoms with Crippen LogP contribution in [0, 0.1) is 13.8 Å².